The number of fused-ring (bicyclic) bond motifs is 6. The van der Waals surface area contributed by atoms with Crippen LogP contribution in [0.3, 0.4) is 0 Å². The highest BCUT2D eigenvalue weighted by molar-refractivity contribution is 6.12. The molecule has 7 aromatic rings. The summed E-state index contributed by atoms with van der Waals surface area (Å²) < 4.78 is 6.61. The Balaban J connectivity index is 1.39. The molecule has 1 heteroatoms. The summed E-state index contributed by atoms with van der Waals surface area (Å²) in [6.45, 7) is 0. The maximum Gasteiger partial charge on any atom is 0.143 e. The van der Waals surface area contributed by atoms with Crippen LogP contribution in [0.5, 0.6) is 0 Å². The van der Waals surface area contributed by atoms with Crippen molar-refractivity contribution in [3.63, 3.8) is 0 Å². The normalized spacial score (nSPS) is 12.1. The molecule has 1 aliphatic rings. The van der Waals surface area contributed by atoms with Crippen LogP contribution in [0.4, 0.5) is 0 Å². The molecule has 0 fully saturated rings. The molecule has 0 N–H and O–H groups in total. The fourth-order valence-corrected chi connectivity index (χ4v) is 5.99. The molecule has 178 valence electrons. The van der Waals surface area contributed by atoms with E-state index in [9.17, 15) is 0 Å². The van der Waals surface area contributed by atoms with Gasteiger partial charge in [-0.05, 0) is 86.8 Å². The van der Waals surface area contributed by atoms with Gasteiger partial charge in [0.25, 0.3) is 0 Å². The molecule has 6 aromatic carbocycles. The molecule has 0 unspecified atom stereocenters. The minimum absolute atomic E-state index is 0.914. The molecule has 0 spiro atoms. The summed E-state index contributed by atoms with van der Waals surface area (Å²) in [5.41, 5.74) is 14.4. The van der Waals surface area contributed by atoms with E-state index in [1.807, 2.05) is 0 Å². The first-order chi connectivity index (χ1) is 18.8. The van der Waals surface area contributed by atoms with Gasteiger partial charge < -0.3 is 4.42 Å². The fourth-order valence-electron chi connectivity index (χ4n) is 5.99. The summed E-state index contributed by atoms with van der Waals surface area (Å²) in [6.07, 6.45) is 0.998. The van der Waals surface area contributed by atoms with E-state index < -0.39 is 0 Å². The second kappa shape index (κ2) is 8.33. The van der Waals surface area contributed by atoms with Crippen LogP contribution in [-0.4, -0.2) is 0 Å². The number of hydrogen-bond donors (Lipinski definition) is 0. The summed E-state index contributed by atoms with van der Waals surface area (Å²) in [5.74, 6) is 0. The average molecular weight is 485 g/mol. The molecule has 1 aliphatic carbocycles. The predicted molar refractivity (Wildman–Crippen MR) is 158 cm³/mol. The topological polar surface area (TPSA) is 13.1 Å². The second-order valence-corrected chi connectivity index (χ2v) is 10.2. The van der Waals surface area contributed by atoms with E-state index in [0.29, 0.717) is 0 Å². The molecular formula is C37H24O. The van der Waals surface area contributed by atoms with Crippen LogP contribution in [0.25, 0.3) is 66.4 Å². The summed E-state index contributed by atoms with van der Waals surface area (Å²) in [5, 5.41) is 2.29. The Morgan fingerprint density at radius 1 is 0.395 bits per heavy atom. The Morgan fingerprint density at radius 2 is 1.03 bits per heavy atom. The standard InChI is InChI=1S/C37H24O/c1-3-9-24(10-4-1)26-17-18-36-34(20-26)35-23-30(25-11-5-2-6-12-25)22-33(37(35)38-36)29-16-15-28-19-27-13-7-8-14-31(27)32(28)21-29/h1-18,20-23H,19H2. The van der Waals surface area contributed by atoms with E-state index in [-0.39, 0.29) is 0 Å². The first kappa shape index (κ1) is 21.2. The Bertz CT molecular complexity index is 1980. The van der Waals surface area contributed by atoms with Gasteiger partial charge in [0, 0.05) is 16.3 Å². The first-order valence-electron chi connectivity index (χ1n) is 13.1. The minimum Gasteiger partial charge on any atom is -0.455 e. The van der Waals surface area contributed by atoms with E-state index in [1.54, 1.807) is 0 Å². The maximum atomic E-state index is 6.61. The largest absolute Gasteiger partial charge is 0.455 e. The third-order valence-corrected chi connectivity index (χ3v) is 7.89. The second-order valence-electron chi connectivity index (χ2n) is 10.2. The molecule has 0 saturated carbocycles. The van der Waals surface area contributed by atoms with Gasteiger partial charge in [-0.2, -0.15) is 0 Å². The van der Waals surface area contributed by atoms with Gasteiger partial charge in [-0.15, -0.1) is 0 Å². The lowest BCUT2D eigenvalue weighted by Crippen LogP contribution is -1.86. The van der Waals surface area contributed by atoms with Gasteiger partial charge in [0.2, 0.25) is 0 Å². The highest BCUT2D eigenvalue weighted by Crippen LogP contribution is 2.43. The van der Waals surface area contributed by atoms with Crippen molar-refractivity contribution in [2.75, 3.05) is 0 Å². The van der Waals surface area contributed by atoms with Crippen LogP contribution in [0.15, 0.2) is 138 Å². The van der Waals surface area contributed by atoms with Crippen LogP contribution in [0, 0.1) is 0 Å². The lowest BCUT2D eigenvalue weighted by molar-refractivity contribution is 0.670. The molecule has 0 aliphatic heterocycles. The molecule has 0 radical (unpaired) electrons. The Labute approximate surface area is 221 Å². The van der Waals surface area contributed by atoms with Gasteiger partial charge in [-0.1, -0.05) is 103 Å². The molecule has 0 saturated heterocycles. The smallest absolute Gasteiger partial charge is 0.143 e. The van der Waals surface area contributed by atoms with Gasteiger partial charge in [0.15, 0.2) is 0 Å². The third kappa shape index (κ3) is 3.33. The molecule has 0 atom stereocenters. The van der Waals surface area contributed by atoms with Crippen LogP contribution in [0.2, 0.25) is 0 Å². The maximum absolute atomic E-state index is 6.61. The van der Waals surface area contributed by atoms with Crippen molar-refractivity contribution in [1.29, 1.82) is 0 Å². The minimum atomic E-state index is 0.914. The third-order valence-electron chi connectivity index (χ3n) is 7.89. The molecule has 0 amide bonds. The van der Waals surface area contributed by atoms with Crippen molar-refractivity contribution in [2.24, 2.45) is 0 Å². The highest BCUT2D eigenvalue weighted by atomic mass is 16.3. The molecule has 1 nitrogen and oxygen atoms in total. The molecule has 0 bridgehead atoms. The Morgan fingerprint density at radius 3 is 1.84 bits per heavy atom. The Kier molecular flexibility index (Phi) is 4.65. The van der Waals surface area contributed by atoms with E-state index in [4.69, 9.17) is 4.42 Å². The van der Waals surface area contributed by atoms with Crippen molar-refractivity contribution in [3.05, 3.63) is 145 Å². The van der Waals surface area contributed by atoms with Gasteiger partial charge in [-0.3, -0.25) is 0 Å². The molecule has 1 aromatic heterocycles. The molecular weight excluding hydrogens is 460 g/mol. The number of furan rings is 1. The average Bonchev–Trinajstić information content (AvgIpc) is 3.55. The van der Waals surface area contributed by atoms with Crippen LogP contribution < -0.4 is 0 Å². The van der Waals surface area contributed by atoms with Crippen molar-refractivity contribution in [1.82, 2.24) is 0 Å². The van der Waals surface area contributed by atoms with Gasteiger partial charge >= 0.3 is 0 Å². The number of hydrogen-bond acceptors (Lipinski definition) is 1. The monoisotopic (exact) mass is 484 g/mol. The quantitative estimate of drug-likeness (QED) is 0.243. The zero-order valence-corrected chi connectivity index (χ0v) is 20.8. The summed E-state index contributed by atoms with van der Waals surface area (Å²) in [7, 11) is 0. The SMILES string of the molecule is c1ccc(-c2ccc3oc4c(-c5ccc6c(c5)-c5ccccc5C6)cc(-c5ccccc5)cc4c3c2)cc1. The highest BCUT2D eigenvalue weighted by Gasteiger charge is 2.21. The van der Waals surface area contributed by atoms with E-state index in [0.717, 1.165) is 33.9 Å². The molecule has 1 heterocycles. The Hall–Kier alpha value is -4.88. The van der Waals surface area contributed by atoms with Crippen molar-refractivity contribution >= 4 is 21.9 Å². The van der Waals surface area contributed by atoms with E-state index in [1.165, 1.54) is 50.1 Å². The van der Waals surface area contributed by atoms with Crippen LogP contribution in [-0.2, 0) is 6.42 Å². The molecule has 8 rings (SSSR count). The van der Waals surface area contributed by atoms with Gasteiger partial charge in [0.05, 0.1) is 0 Å². The predicted octanol–water partition coefficient (Wildman–Crippen LogP) is 10.2. The lowest BCUT2D eigenvalue weighted by atomic mass is 9.93. The molecule has 38 heavy (non-hydrogen) atoms. The number of rotatable bonds is 3. The van der Waals surface area contributed by atoms with Crippen LogP contribution >= 0.6 is 0 Å². The number of benzene rings is 6. The van der Waals surface area contributed by atoms with E-state index >= 15 is 0 Å². The summed E-state index contributed by atoms with van der Waals surface area (Å²) in [4.78, 5) is 0. The van der Waals surface area contributed by atoms with Gasteiger partial charge in [-0.25, -0.2) is 0 Å². The van der Waals surface area contributed by atoms with Gasteiger partial charge in [0.1, 0.15) is 11.2 Å². The van der Waals surface area contributed by atoms with Crippen molar-refractivity contribution in [2.45, 2.75) is 6.42 Å². The van der Waals surface area contributed by atoms with Crippen molar-refractivity contribution < 1.29 is 4.42 Å². The fraction of sp³-hybridized carbons (Fsp3) is 0.0270. The zero-order valence-electron chi connectivity index (χ0n) is 20.8. The summed E-state index contributed by atoms with van der Waals surface area (Å²) in [6, 6.07) is 48.0. The lowest BCUT2D eigenvalue weighted by Gasteiger charge is -2.10. The zero-order chi connectivity index (χ0) is 25.1. The first-order valence-corrected chi connectivity index (χ1v) is 13.1. The van der Waals surface area contributed by atoms with E-state index in [2.05, 4.69) is 133 Å². The van der Waals surface area contributed by atoms with Crippen LogP contribution in [0.1, 0.15) is 11.1 Å². The summed E-state index contributed by atoms with van der Waals surface area (Å²) >= 11 is 0. The van der Waals surface area contributed by atoms with Crippen molar-refractivity contribution in [3.8, 4) is 44.5 Å².